The fourth-order valence-corrected chi connectivity index (χ4v) is 2.41. The fourth-order valence-electron chi connectivity index (χ4n) is 2.24. The summed E-state index contributed by atoms with van der Waals surface area (Å²) >= 11 is 6.02. The quantitative estimate of drug-likeness (QED) is 0.808. The Hall–Kier alpha value is -0.930. The molecule has 1 fully saturated rings. The maximum absolute atomic E-state index is 6.02. The summed E-state index contributed by atoms with van der Waals surface area (Å²) in [7, 11) is 2.04. The number of ether oxygens (including phenoxy) is 1. The Morgan fingerprint density at radius 3 is 2.88 bits per heavy atom. The van der Waals surface area contributed by atoms with Crippen molar-refractivity contribution in [2.75, 3.05) is 24.3 Å². The Morgan fingerprint density at radius 2 is 2.25 bits per heavy atom. The smallest absolute Gasteiger partial charge is 0.0750 e. The van der Waals surface area contributed by atoms with Gasteiger partial charge < -0.3 is 15.4 Å². The highest BCUT2D eigenvalue weighted by Crippen LogP contribution is 2.32. The molecular formula is C12H17ClN2O. The highest BCUT2D eigenvalue weighted by atomic mass is 35.5. The lowest BCUT2D eigenvalue weighted by atomic mass is 10.1. The van der Waals surface area contributed by atoms with Crippen LogP contribution >= 0.6 is 11.6 Å². The van der Waals surface area contributed by atoms with E-state index in [9.17, 15) is 0 Å². The van der Waals surface area contributed by atoms with Gasteiger partial charge in [0, 0.05) is 13.7 Å². The first-order valence-corrected chi connectivity index (χ1v) is 5.87. The van der Waals surface area contributed by atoms with E-state index in [1.807, 2.05) is 25.2 Å². The van der Waals surface area contributed by atoms with E-state index in [0.717, 1.165) is 18.7 Å². The zero-order valence-electron chi connectivity index (χ0n) is 9.61. The molecule has 0 saturated carbocycles. The number of nitrogens with two attached hydrogens (primary N) is 1. The highest BCUT2D eigenvalue weighted by molar-refractivity contribution is 6.33. The number of benzene rings is 1. The SMILES string of the molecule is CC1OCCC1N(C)c1cccc(Cl)c1N. The second-order valence-electron chi connectivity index (χ2n) is 4.22. The van der Waals surface area contributed by atoms with Crippen molar-refractivity contribution < 1.29 is 4.74 Å². The van der Waals surface area contributed by atoms with Crippen molar-refractivity contribution >= 4 is 23.0 Å². The second kappa shape index (κ2) is 4.52. The first-order valence-electron chi connectivity index (χ1n) is 5.49. The number of halogens is 1. The predicted octanol–water partition coefficient (Wildman–Crippen LogP) is 2.54. The van der Waals surface area contributed by atoms with Crippen LogP contribution in [-0.4, -0.2) is 25.8 Å². The summed E-state index contributed by atoms with van der Waals surface area (Å²) in [4.78, 5) is 2.17. The Bertz CT molecular complexity index is 383. The van der Waals surface area contributed by atoms with Crippen LogP contribution in [0.15, 0.2) is 18.2 Å². The number of anilines is 2. The molecule has 2 N–H and O–H groups in total. The fraction of sp³-hybridized carbons (Fsp3) is 0.500. The third kappa shape index (κ3) is 1.97. The van der Waals surface area contributed by atoms with E-state index in [1.54, 1.807) is 0 Å². The molecule has 0 spiro atoms. The lowest BCUT2D eigenvalue weighted by Crippen LogP contribution is -2.37. The molecule has 3 nitrogen and oxygen atoms in total. The first-order chi connectivity index (χ1) is 7.61. The Kier molecular flexibility index (Phi) is 3.26. The third-order valence-corrected chi connectivity index (χ3v) is 3.57. The van der Waals surface area contributed by atoms with Gasteiger partial charge in [0.1, 0.15) is 0 Å². The van der Waals surface area contributed by atoms with E-state index < -0.39 is 0 Å². The summed E-state index contributed by atoms with van der Waals surface area (Å²) in [5.74, 6) is 0. The molecule has 88 valence electrons. The van der Waals surface area contributed by atoms with Crippen LogP contribution in [0.5, 0.6) is 0 Å². The van der Waals surface area contributed by atoms with Gasteiger partial charge in [0.05, 0.1) is 28.5 Å². The van der Waals surface area contributed by atoms with Crippen LogP contribution in [0.25, 0.3) is 0 Å². The van der Waals surface area contributed by atoms with Gasteiger partial charge in [0.25, 0.3) is 0 Å². The molecule has 4 heteroatoms. The summed E-state index contributed by atoms with van der Waals surface area (Å²) in [6, 6.07) is 6.10. The molecular weight excluding hydrogens is 224 g/mol. The zero-order valence-corrected chi connectivity index (χ0v) is 10.4. The minimum absolute atomic E-state index is 0.239. The lowest BCUT2D eigenvalue weighted by Gasteiger charge is -2.30. The van der Waals surface area contributed by atoms with Gasteiger partial charge >= 0.3 is 0 Å². The van der Waals surface area contributed by atoms with Crippen molar-refractivity contribution in [3.8, 4) is 0 Å². The van der Waals surface area contributed by atoms with E-state index >= 15 is 0 Å². The van der Waals surface area contributed by atoms with Crippen LogP contribution in [0.3, 0.4) is 0 Å². The van der Waals surface area contributed by atoms with Crippen molar-refractivity contribution in [1.29, 1.82) is 0 Å². The molecule has 0 radical (unpaired) electrons. The van der Waals surface area contributed by atoms with Crippen LogP contribution in [-0.2, 0) is 4.74 Å². The summed E-state index contributed by atoms with van der Waals surface area (Å²) in [6.07, 6.45) is 1.27. The maximum Gasteiger partial charge on any atom is 0.0750 e. The van der Waals surface area contributed by atoms with Gasteiger partial charge in [-0.05, 0) is 25.5 Å². The molecule has 0 aromatic heterocycles. The van der Waals surface area contributed by atoms with Gasteiger partial charge in [-0.2, -0.15) is 0 Å². The standard InChI is InChI=1S/C12H17ClN2O/c1-8-10(6-7-16-8)15(2)11-5-3-4-9(13)12(11)14/h3-5,8,10H,6-7,14H2,1-2H3. The van der Waals surface area contributed by atoms with Crippen molar-refractivity contribution in [1.82, 2.24) is 0 Å². The number of nitrogen functional groups attached to an aromatic ring is 1. The van der Waals surface area contributed by atoms with E-state index in [2.05, 4.69) is 11.8 Å². The predicted molar refractivity (Wildman–Crippen MR) is 68.1 cm³/mol. The molecule has 0 aliphatic carbocycles. The first kappa shape index (κ1) is 11.6. The number of nitrogens with zero attached hydrogens (tertiary/aromatic N) is 1. The summed E-state index contributed by atoms with van der Waals surface area (Å²) in [5, 5.41) is 0.607. The molecule has 1 saturated heterocycles. The molecule has 2 unspecified atom stereocenters. The molecule has 1 heterocycles. The average molecular weight is 241 g/mol. The molecule has 2 atom stereocenters. The molecule has 0 amide bonds. The molecule has 1 aliphatic heterocycles. The highest BCUT2D eigenvalue weighted by Gasteiger charge is 2.28. The van der Waals surface area contributed by atoms with E-state index in [0.29, 0.717) is 16.8 Å². The molecule has 1 aromatic rings. The molecule has 16 heavy (non-hydrogen) atoms. The number of para-hydroxylation sites is 1. The Labute approximate surface area is 101 Å². The van der Waals surface area contributed by atoms with E-state index in [1.165, 1.54) is 0 Å². The molecule has 0 bridgehead atoms. The van der Waals surface area contributed by atoms with E-state index in [4.69, 9.17) is 22.1 Å². The summed E-state index contributed by atoms with van der Waals surface area (Å²) < 4.78 is 5.56. The normalized spacial score (nSPS) is 24.7. The van der Waals surface area contributed by atoms with Crippen LogP contribution in [0.2, 0.25) is 5.02 Å². The van der Waals surface area contributed by atoms with Gasteiger partial charge in [0.2, 0.25) is 0 Å². The summed E-state index contributed by atoms with van der Waals surface area (Å²) in [5.41, 5.74) is 7.61. The molecule has 2 rings (SSSR count). The monoisotopic (exact) mass is 240 g/mol. The number of hydrogen-bond donors (Lipinski definition) is 1. The van der Waals surface area contributed by atoms with Gasteiger partial charge in [-0.1, -0.05) is 17.7 Å². The zero-order chi connectivity index (χ0) is 11.7. The lowest BCUT2D eigenvalue weighted by molar-refractivity contribution is 0.118. The van der Waals surface area contributed by atoms with Crippen LogP contribution in [0, 0.1) is 0 Å². The Balaban J connectivity index is 2.26. The van der Waals surface area contributed by atoms with Crippen LogP contribution < -0.4 is 10.6 Å². The van der Waals surface area contributed by atoms with Crippen molar-refractivity contribution in [3.05, 3.63) is 23.2 Å². The number of hydrogen-bond acceptors (Lipinski definition) is 3. The van der Waals surface area contributed by atoms with Gasteiger partial charge in [-0.25, -0.2) is 0 Å². The third-order valence-electron chi connectivity index (χ3n) is 3.24. The van der Waals surface area contributed by atoms with Crippen LogP contribution in [0.1, 0.15) is 13.3 Å². The van der Waals surface area contributed by atoms with Gasteiger partial charge in [0.15, 0.2) is 0 Å². The average Bonchev–Trinajstić information content (AvgIpc) is 2.68. The maximum atomic E-state index is 6.02. The van der Waals surface area contributed by atoms with Crippen molar-refractivity contribution in [3.63, 3.8) is 0 Å². The molecule has 1 aromatic carbocycles. The van der Waals surface area contributed by atoms with Gasteiger partial charge in [-0.15, -0.1) is 0 Å². The summed E-state index contributed by atoms with van der Waals surface area (Å²) in [6.45, 7) is 2.91. The Morgan fingerprint density at radius 1 is 1.50 bits per heavy atom. The van der Waals surface area contributed by atoms with Crippen molar-refractivity contribution in [2.24, 2.45) is 0 Å². The number of rotatable bonds is 2. The van der Waals surface area contributed by atoms with Crippen LogP contribution in [0.4, 0.5) is 11.4 Å². The van der Waals surface area contributed by atoms with E-state index in [-0.39, 0.29) is 6.10 Å². The largest absolute Gasteiger partial charge is 0.396 e. The minimum atomic E-state index is 0.239. The topological polar surface area (TPSA) is 38.5 Å². The van der Waals surface area contributed by atoms with Crippen molar-refractivity contribution in [2.45, 2.75) is 25.5 Å². The minimum Gasteiger partial charge on any atom is -0.396 e. The van der Waals surface area contributed by atoms with Gasteiger partial charge in [-0.3, -0.25) is 0 Å². The molecule has 1 aliphatic rings. The number of likely N-dealkylation sites (N-methyl/N-ethyl adjacent to an activating group) is 1. The second-order valence-corrected chi connectivity index (χ2v) is 4.62.